The zero-order valence-corrected chi connectivity index (χ0v) is 11.8. The molecule has 0 aliphatic rings. The second-order valence-corrected chi connectivity index (χ2v) is 4.54. The molecule has 3 nitrogen and oxygen atoms in total. The first-order valence-electron chi connectivity index (χ1n) is 6.59. The minimum absolute atomic E-state index is 0.0708. The smallest absolute Gasteiger partial charge is 0.160 e. The number of carbonyl (C=O) groups is 1. The SMILES string of the molecule is CC(=O)c1ccc(OCCOc2ccccc2)cc1C. The molecule has 0 aliphatic heterocycles. The van der Waals surface area contributed by atoms with E-state index >= 15 is 0 Å². The van der Waals surface area contributed by atoms with Crippen molar-refractivity contribution < 1.29 is 14.3 Å². The van der Waals surface area contributed by atoms with Crippen LogP contribution < -0.4 is 9.47 Å². The third-order valence-corrected chi connectivity index (χ3v) is 2.94. The Balaban J connectivity index is 1.83. The summed E-state index contributed by atoms with van der Waals surface area (Å²) in [5, 5.41) is 0. The van der Waals surface area contributed by atoms with Gasteiger partial charge in [-0.25, -0.2) is 0 Å². The van der Waals surface area contributed by atoms with Crippen molar-refractivity contribution in [2.75, 3.05) is 13.2 Å². The fraction of sp³-hybridized carbons (Fsp3) is 0.235. The van der Waals surface area contributed by atoms with E-state index in [1.807, 2.05) is 49.4 Å². The van der Waals surface area contributed by atoms with Gasteiger partial charge in [0, 0.05) is 5.56 Å². The van der Waals surface area contributed by atoms with Crippen LogP contribution in [0.25, 0.3) is 0 Å². The fourth-order valence-corrected chi connectivity index (χ4v) is 1.96. The Morgan fingerprint density at radius 3 is 2.20 bits per heavy atom. The third kappa shape index (κ3) is 3.85. The van der Waals surface area contributed by atoms with Crippen molar-refractivity contribution in [2.24, 2.45) is 0 Å². The van der Waals surface area contributed by atoms with Gasteiger partial charge in [0.2, 0.25) is 0 Å². The van der Waals surface area contributed by atoms with Gasteiger partial charge in [0.05, 0.1) is 0 Å². The summed E-state index contributed by atoms with van der Waals surface area (Å²) in [5.41, 5.74) is 1.66. The van der Waals surface area contributed by atoms with E-state index < -0.39 is 0 Å². The van der Waals surface area contributed by atoms with E-state index in [4.69, 9.17) is 9.47 Å². The highest BCUT2D eigenvalue weighted by Crippen LogP contribution is 2.17. The summed E-state index contributed by atoms with van der Waals surface area (Å²) in [6.07, 6.45) is 0. The average Bonchev–Trinajstić information content (AvgIpc) is 2.44. The molecule has 0 unspecified atom stereocenters. The number of para-hydroxylation sites is 1. The van der Waals surface area contributed by atoms with Gasteiger partial charge < -0.3 is 9.47 Å². The average molecular weight is 270 g/mol. The van der Waals surface area contributed by atoms with Crippen molar-refractivity contribution >= 4 is 5.78 Å². The molecule has 0 heterocycles. The number of hydrogen-bond donors (Lipinski definition) is 0. The molecule has 0 aromatic heterocycles. The Kier molecular flexibility index (Phi) is 4.77. The van der Waals surface area contributed by atoms with Gasteiger partial charge in [-0.1, -0.05) is 18.2 Å². The first-order chi connectivity index (χ1) is 9.66. The van der Waals surface area contributed by atoms with Crippen molar-refractivity contribution in [3.63, 3.8) is 0 Å². The number of hydrogen-bond acceptors (Lipinski definition) is 3. The van der Waals surface area contributed by atoms with Crippen LogP contribution in [0.1, 0.15) is 22.8 Å². The standard InChI is InChI=1S/C17H18O3/c1-13-12-16(8-9-17(13)14(2)18)20-11-10-19-15-6-4-3-5-7-15/h3-9,12H,10-11H2,1-2H3. The minimum atomic E-state index is 0.0708. The maximum absolute atomic E-state index is 11.3. The third-order valence-electron chi connectivity index (χ3n) is 2.94. The van der Waals surface area contributed by atoms with E-state index in [1.54, 1.807) is 13.0 Å². The molecule has 0 atom stereocenters. The van der Waals surface area contributed by atoms with E-state index in [9.17, 15) is 4.79 Å². The molecule has 0 radical (unpaired) electrons. The van der Waals surface area contributed by atoms with E-state index in [2.05, 4.69) is 0 Å². The molecule has 20 heavy (non-hydrogen) atoms. The van der Waals surface area contributed by atoms with Gasteiger partial charge in [-0.3, -0.25) is 4.79 Å². The van der Waals surface area contributed by atoms with E-state index in [0.29, 0.717) is 13.2 Å². The van der Waals surface area contributed by atoms with Gasteiger partial charge in [-0.05, 0) is 49.7 Å². The van der Waals surface area contributed by atoms with Gasteiger partial charge in [0.25, 0.3) is 0 Å². The first-order valence-corrected chi connectivity index (χ1v) is 6.59. The number of benzene rings is 2. The van der Waals surface area contributed by atoms with Crippen molar-refractivity contribution in [3.05, 3.63) is 59.7 Å². The maximum atomic E-state index is 11.3. The van der Waals surface area contributed by atoms with Crippen molar-refractivity contribution in [2.45, 2.75) is 13.8 Å². The molecule has 2 rings (SSSR count). The second kappa shape index (κ2) is 6.75. The number of Topliss-reactive ketones (excluding diaryl/α,β-unsaturated/α-hetero) is 1. The summed E-state index contributed by atoms with van der Waals surface area (Å²) in [4.78, 5) is 11.3. The van der Waals surface area contributed by atoms with Gasteiger partial charge in [-0.2, -0.15) is 0 Å². The van der Waals surface area contributed by atoms with Crippen molar-refractivity contribution in [1.29, 1.82) is 0 Å². The van der Waals surface area contributed by atoms with Crippen LogP contribution in [-0.4, -0.2) is 19.0 Å². The van der Waals surface area contributed by atoms with Crippen LogP contribution >= 0.6 is 0 Å². The van der Waals surface area contributed by atoms with Crippen LogP contribution in [-0.2, 0) is 0 Å². The Hall–Kier alpha value is -2.29. The van der Waals surface area contributed by atoms with Crippen LogP contribution in [0.3, 0.4) is 0 Å². The van der Waals surface area contributed by atoms with Crippen molar-refractivity contribution in [1.82, 2.24) is 0 Å². The maximum Gasteiger partial charge on any atom is 0.160 e. The van der Waals surface area contributed by atoms with Crippen LogP contribution in [0, 0.1) is 6.92 Å². The normalized spacial score (nSPS) is 10.1. The monoisotopic (exact) mass is 270 g/mol. The Labute approximate surface area is 119 Å². The van der Waals surface area contributed by atoms with Crippen LogP contribution in [0.15, 0.2) is 48.5 Å². The molecule has 0 saturated carbocycles. The lowest BCUT2D eigenvalue weighted by atomic mass is 10.1. The minimum Gasteiger partial charge on any atom is -0.490 e. The lowest BCUT2D eigenvalue weighted by Crippen LogP contribution is -2.09. The predicted octanol–water partition coefficient (Wildman–Crippen LogP) is 3.66. The molecular weight excluding hydrogens is 252 g/mol. The highest BCUT2D eigenvalue weighted by Gasteiger charge is 2.05. The topological polar surface area (TPSA) is 35.5 Å². The number of carbonyl (C=O) groups excluding carboxylic acids is 1. The molecule has 3 heteroatoms. The Bertz CT molecular complexity index is 576. The Morgan fingerprint density at radius 1 is 0.950 bits per heavy atom. The second-order valence-electron chi connectivity index (χ2n) is 4.54. The van der Waals surface area contributed by atoms with Crippen LogP contribution in [0.5, 0.6) is 11.5 Å². The Morgan fingerprint density at radius 2 is 1.60 bits per heavy atom. The largest absolute Gasteiger partial charge is 0.490 e. The summed E-state index contributed by atoms with van der Waals surface area (Å²) >= 11 is 0. The van der Waals surface area contributed by atoms with Gasteiger partial charge in [0.15, 0.2) is 5.78 Å². The molecular formula is C17H18O3. The van der Waals surface area contributed by atoms with Crippen molar-refractivity contribution in [3.8, 4) is 11.5 Å². The van der Waals surface area contributed by atoms with Gasteiger partial charge >= 0.3 is 0 Å². The molecule has 104 valence electrons. The summed E-state index contributed by atoms with van der Waals surface area (Å²) in [5.74, 6) is 1.66. The van der Waals surface area contributed by atoms with E-state index in [1.165, 1.54) is 0 Å². The molecule has 0 bridgehead atoms. The summed E-state index contributed by atoms with van der Waals surface area (Å²) in [6.45, 7) is 4.42. The molecule has 0 aliphatic carbocycles. The lowest BCUT2D eigenvalue weighted by Gasteiger charge is -2.10. The summed E-state index contributed by atoms with van der Waals surface area (Å²) < 4.78 is 11.1. The highest BCUT2D eigenvalue weighted by molar-refractivity contribution is 5.95. The summed E-state index contributed by atoms with van der Waals surface area (Å²) in [7, 11) is 0. The molecule has 0 spiro atoms. The first kappa shape index (κ1) is 14.1. The molecule has 0 saturated heterocycles. The molecule has 0 fully saturated rings. The van der Waals surface area contributed by atoms with E-state index in [0.717, 1.165) is 22.6 Å². The van der Waals surface area contributed by atoms with Crippen LogP contribution in [0.2, 0.25) is 0 Å². The molecule has 0 amide bonds. The molecule has 0 N–H and O–H groups in total. The lowest BCUT2D eigenvalue weighted by molar-refractivity contribution is 0.101. The summed E-state index contributed by atoms with van der Waals surface area (Å²) in [6, 6.07) is 15.1. The fourth-order valence-electron chi connectivity index (χ4n) is 1.96. The van der Waals surface area contributed by atoms with E-state index in [-0.39, 0.29) is 5.78 Å². The number of ether oxygens (including phenoxy) is 2. The predicted molar refractivity (Wildman–Crippen MR) is 78.6 cm³/mol. The number of rotatable bonds is 6. The zero-order chi connectivity index (χ0) is 14.4. The molecule has 2 aromatic carbocycles. The number of ketones is 1. The number of aryl methyl sites for hydroxylation is 1. The quantitative estimate of drug-likeness (QED) is 0.593. The van der Waals surface area contributed by atoms with Gasteiger partial charge in [0.1, 0.15) is 24.7 Å². The highest BCUT2D eigenvalue weighted by atomic mass is 16.5. The molecule has 2 aromatic rings. The zero-order valence-electron chi connectivity index (χ0n) is 11.8. The van der Waals surface area contributed by atoms with Gasteiger partial charge in [-0.15, -0.1) is 0 Å². The van der Waals surface area contributed by atoms with Crippen LogP contribution in [0.4, 0.5) is 0 Å².